The molecule has 1 aliphatic rings. The van der Waals surface area contributed by atoms with Gasteiger partial charge < -0.3 is 15.5 Å². The van der Waals surface area contributed by atoms with Crippen LogP contribution >= 0.6 is 12.4 Å². The van der Waals surface area contributed by atoms with Crippen LogP contribution in [0.25, 0.3) is 0 Å². The number of halogens is 1. The summed E-state index contributed by atoms with van der Waals surface area (Å²) >= 11 is 0. The van der Waals surface area contributed by atoms with Crippen LogP contribution in [-0.2, 0) is 9.59 Å². The Labute approximate surface area is 115 Å². The van der Waals surface area contributed by atoms with E-state index in [9.17, 15) is 9.59 Å². The van der Waals surface area contributed by atoms with E-state index in [2.05, 4.69) is 0 Å². The molecule has 5 nitrogen and oxygen atoms in total. The molecule has 106 valence electrons. The van der Waals surface area contributed by atoms with Gasteiger partial charge in [0.05, 0.1) is 0 Å². The molecule has 0 aromatic rings. The first-order valence-corrected chi connectivity index (χ1v) is 6.19. The Morgan fingerprint density at radius 1 is 1.44 bits per heavy atom. The van der Waals surface area contributed by atoms with E-state index in [1.54, 1.807) is 23.9 Å². The van der Waals surface area contributed by atoms with Crippen molar-refractivity contribution in [2.75, 3.05) is 20.6 Å². The van der Waals surface area contributed by atoms with E-state index >= 15 is 0 Å². The Hall–Kier alpha value is -0.810. The van der Waals surface area contributed by atoms with Gasteiger partial charge in [-0.3, -0.25) is 9.59 Å². The Bertz CT molecular complexity index is 295. The molecule has 1 rings (SSSR count). The van der Waals surface area contributed by atoms with E-state index in [0.29, 0.717) is 19.4 Å². The largest absolute Gasteiger partial charge is 0.347 e. The molecule has 2 atom stereocenters. The normalized spacial score (nSPS) is 20.2. The summed E-state index contributed by atoms with van der Waals surface area (Å²) in [6.07, 6.45) is 2.81. The number of nitrogens with two attached hydrogens (primary N) is 1. The van der Waals surface area contributed by atoms with Crippen LogP contribution < -0.4 is 5.73 Å². The van der Waals surface area contributed by atoms with Crippen molar-refractivity contribution < 1.29 is 9.59 Å². The van der Waals surface area contributed by atoms with Crippen molar-refractivity contribution in [3.8, 4) is 0 Å². The van der Waals surface area contributed by atoms with E-state index in [-0.39, 0.29) is 36.3 Å². The molecule has 1 aliphatic heterocycles. The minimum atomic E-state index is -0.259. The first kappa shape index (κ1) is 17.2. The Balaban J connectivity index is 0.00000289. The van der Waals surface area contributed by atoms with Gasteiger partial charge in [-0.2, -0.15) is 0 Å². The lowest BCUT2D eigenvalue weighted by Crippen LogP contribution is -2.45. The molecule has 18 heavy (non-hydrogen) atoms. The third-order valence-electron chi connectivity index (χ3n) is 3.11. The lowest BCUT2D eigenvalue weighted by molar-refractivity contribution is -0.142. The standard InChI is InChI=1S/C12H23N3O2.ClH/c1-9(13)6-7-11(16)15-8-4-5-10(15)12(17)14(2)3;/h9-10H,4-8,13H2,1-3H3;1H. The maximum absolute atomic E-state index is 12.0. The summed E-state index contributed by atoms with van der Waals surface area (Å²) in [5.41, 5.74) is 5.64. The van der Waals surface area contributed by atoms with Gasteiger partial charge in [-0.1, -0.05) is 0 Å². The number of likely N-dealkylation sites (N-methyl/N-ethyl adjacent to an activating group) is 1. The van der Waals surface area contributed by atoms with Crippen molar-refractivity contribution in [1.29, 1.82) is 0 Å². The number of hydrogen-bond acceptors (Lipinski definition) is 3. The predicted molar refractivity (Wildman–Crippen MR) is 73.6 cm³/mol. The van der Waals surface area contributed by atoms with Crippen molar-refractivity contribution in [1.82, 2.24) is 9.80 Å². The van der Waals surface area contributed by atoms with E-state index in [1.165, 1.54) is 0 Å². The Kier molecular flexibility index (Phi) is 7.25. The average molecular weight is 278 g/mol. The van der Waals surface area contributed by atoms with Gasteiger partial charge in [-0.05, 0) is 26.2 Å². The second kappa shape index (κ2) is 7.59. The Morgan fingerprint density at radius 3 is 2.56 bits per heavy atom. The van der Waals surface area contributed by atoms with Crippen molar-refractivity contribution in [2.45, 2.75) is 44.7 Å². The summed E-state index contributed by atoms with van der Waals surface area (Å²) in [6.45, 7) is 2.59. The maximum Gasteiger partial charge on any atom is 0.244 e. The smallest absolute Gasteiger partial charge is 0.244 e. The number of nitrogens with zero attached hydrogens (tertiary/aromatic N) is 2. The van der Waals surface area contributed by atoms with Gasteiger partial charge in [-0.15, -0.1) is 12.4 Å². The van der Waals surface area contributed by atoms with E-state index in [4.69, 9.17) is 5.73 Å². The number of rotatable bonds is 4. The number of hydrogen-bond donors (Lipinski definition) is 1. The molecule has 0 bridgehead atoms. The first-order chi connectivity index (χ1) is 7.93. The fourth-order valence-electron chi connectivity index (χ4n) is 2.11. The average Bonchev–Trinajstić information content (AvgIpc) is 2.73. The van der Waals surface area contributed by atoms with Crippen LogP contribution in [0.5, 0.6) is 0 Å². The quantitative estimate of drug-likeness (QED) is 0.819. The first-order valence-electron chi connectivity index (χ1n) is 6.19. The molecule has 1 saturated heterocycles. The molecule has 6 heteroatoms. The topological polar surface area (TPSA) is 66.6 Å². The summed E-state index contributed by atoms with van der Waals surface area (Å²) in [5, 5.41) is 0. The molecule has 1 fully saturated rings. The second-order valence-corrected chi connectivity index (χ2v) is 4.99. The van der Waals surface area contributed by atoms with Gasteiger partial charge in [0.1, 0.15) is 6.04 Å². The molecule has 2 unspecified atom stereocenters. The molecule has 0 aromatic carbocycles. The SMILES string of the molecule is CC(N)CCC(=O)N1CCCC1C(=O)N(C)C.Cl. The van der Waals surface area contributed by atoms with E-state index < -0.39 is 0 Å². The molecule has 1 heterocycles. The molecule has 0 aliphatic carbocycles. The fraction of sp³-hybridized carbons (Fsp3) is 0.833. The highest BCUT2D eigenvalue weighted by Crippen LogP contribution is 2.20. The van der Waals surface area contributed by atoms with E-state index in [1.807, 2.05) is 6.92 Å². The van der Waals surface area contributed by atoms with Gasteiger partial charge >= 0.3 is 0 Å². The zero-order valence-electron chi connectivity index (χ0n) is 11.4. The summed E-state index contributed by atoms with van der Waals surface area (Å²) in [7, 11) is 3.45. The summed E-state index contributed by atoms with van der Waals surface area (Å²) < 4.78 is 0. The molecule has 0 radical (unpaired) electrons. The van der Waals surface area contributed by atoms with Crippen molar-refractivity contribution in [3.63, 3.8) is 0 Å². The minimum absolute atomic E-state index is 0. The van der Waals surface area contributed by atoms with Crippen molar-refractivity contribution >= 4 is 24.2 Å². The monoisotopic (exact) mass is 277 g/mol. The van der Waals surface area contributed by atoms with Crippen LogP contribution in [0.15, 0.2) is 0 Å². The van der Waals surface area contributed by atoms with Gasteiger partial charge in [0, 0.05) is 33.1 Å². The molecule has 0 spiro atoms. The van der Waals surface area contributed by atoms with Crippen LogP contribution in [0.1, 0.15) is 32.6 Å². The molecule has 2 N–H and O–H groups in total. The van der Waals surface area contributed by atoms with Crippen molar-refractivity contribution in [3.05, 3.63) is 0 Å². The molecule has 2 amide bonds. The molecule has 0 aromatic heterocycles. The molecular weight excluding hydrogens is 254 g/mol. The zero-order valence-corrected chi connectivity index (χ0v) is 12.2. The highest BCUT2D eigenvalue weighted by Gasteiger charge is 2.34. The van der Waals surface area contributed by atoms with E-state index in [0.717, 1.165) is 12.8 Å². The van der Waals surface area contributed by atoms with Crippen LogP contribution in [0.2, 0.25) is 0 Å². The maximum atomic E-state index is 12.0. The van der Waals surface area contributed by atoms with Gasteiger partial charge in [-0.25, -0.2) is 0 Å². The Morgan fingerprint density at radius 2 is 2.06 bits per heavy atom. The highest BCUT2D eigenvalue weighted by atomic mass is 35.5. The van der Waals surface area contributed by atoms with Crippen LogP contribution in [0, 0.1) is 0 Å². The lowest BCUT2D eigenvalue weighted by Gasteiger charge is -2.26. The lowest BCUT2D eigenvalue weighted by atomic mass is 10.1. The third kappa shape index (κ3) is 4.46. The number of carbonyl (C=O) groups is 2. The third-order valence-corrected chi connectivity index (χ3v) is 3.11. The van der Waals surface area contributed by atoms with Crippen molar-refractivity contribution in [2.24, 2.45) is 5.73 Å². The fourth-order valence-corrected chi connectivity index (χ4v) is 2.11. The number of amides is 2. The predicted octanol–water partition coefficient (Wildman–Crippen LogP) is 0.615. The summed E-state index contributed by atoms with van der Waals surface area (Å²) in [5.74, 6) is 0.0802. The summed E-state index contributed by atoms with van der Waals surface area (Å²) in [4.78, 5) is 27.2. The summed E-state index contributed by atoms with van der Waals surface area (Å²) in [6, 6.07) is -0.227. The molecule has 0 saturated carbocycles. The highest BCUT2D eigenvalue weighted by molar-refractivity contribution is 5.88. The van der Waals surface area contributed by atoms with Gasteiger partial charge in [0.2, 0.25) is 11.8 Å². The number of carbonyl (C=O) groups excluding carboxylic acids is 2. The van der Waals surface area contributed by atoms with Gasteiger partial charge in [0.25, 0.3) is 0 Å². The van der Waals surface area contributed by atoms with Crippen LogP contribution in [-0.4, -0.2) is 54.3 Å². The van der Waals surface area contributed by atoms with Gasteiger partial charge in [0.15, 0.2) is 0 Å². The second-order valence-electron chi connectivity index (χ2n) is 4.99. The number of likely N-dealkylation sites (tertiary alicyclic amines) is 1. The van der Waals surface area contributed by atoms with Crippen LogP contribution in [0.3, 0.4) is 0 Å². The minimum Gasteiger partial charge on any atom is -0.347 e. The van der Waals surface area contributed by atoms with Crippen LogP contribution in [0.4, 0.5) is 0 Å². The zero-order chi connectivity index (χ0) is 13.0. The molecular formula is C12H24ClN3O2.